The summed E-state index contributed by atoms with van der Waals surface area (Å²) in [7, 11) is 0. The number of halogens is 1. The Kier molecular flexibility index (Phi) is 5.89. The molecule has 0 saturated carbocycles. The molecule has 0 fully saturated rings. The predicted octanol–water partition coefficient (Wildman–Crippen LogP) is 3.50. The molecule has 0 aromatic heterocycles. The van der Waals surface area contributed by atoms with Crippen LogP contribution in [0.25, 0.3) is 0 Å². The molecule has 20 heavy (non-hydrogen) atoms. The van der Waals surface area contributed by atoms with Gasteiger partial charge in [-0.05, 0) is 42.8 Å². The molecule has 4 heteroatoms. The maximum atomic E-state index is 13.4. The summed E-state index contributed by atoms with van der Waals surface area (Å²) < 4.78 is 19.0. The summed E-state index contributed by atoms with van der Waals surface area (Å²) >= 11 is 1.46. The predicted molar refractivity (Wildman–Crippen MR) is 81.8 cm³/mol. The van der Waals surface area contributed by atoms with Crippen LogP contribution in [0.4, 0.5) is 4.39 Å². The molecule has 106 valence electrons. The van der Waals surface area contributed by atoms with Crippen molar-refractivity contribution >= 4 is 11.8 Å². The first kappa shape index (κ1) is 14.9. The lowest BCUT2D eigenvalue weighted by atomic mass is 10.1. The van der Waals surface area contributed by atoms with Crippen molar-refractivity contribution in [2.24, 2.45) is 5.73 Å². The van der Waals surface area contributed by atoms with Crippen LogP contribution in [-0.2, 0) is 6.42 Å². The number of hydrogen-bond donors (Lipinski definition) is 1. The van der Waals surface area contributed by atoms with Gasteiger partial charge < -0.3 is 10.5 Å². The van der Waals surface area contributed by atoms with Crippen molar-refractivity contribution in [3.05, 3.63) is 59.9 Å². The van der Waals surface area contributed by atoms with E-state index < -0.39 is 0 Å². The van der Waals surface area contributed by atoms with E-state index in [4.69, 9.17) is 10.5 Å². The zero-order chi connectivity index (χ0) is 14.2. The zero-order valence-corrected chi connectivity index (χ0v) is 12.0. The van der Waals surface area contributed by atoms with Gasteiger partial charge in [-0.25, -0.2) is 4.39 Å². The molecule has 0 aliphatic rings. The molecule has 2 nitrogen and oxygen atoms in total. The van der Waals surface area contributed by atoms with Crippen LogP contribution in [0.2, 0.25) is 0 Å². The van der Waals surface area contributed by atoms with Crippen LogP contribution >= 0.6 is 11.8 Å². The van der Waals surface area contributed by atoms with Crippen LogP contribution in [-0.4, -0.2) is 18.9 Å². The quantitative estimate of drug-likeness (QED) is 0.626. The van der Waals surface area contributed by atoms with Crippen LogP contribution in [0.3, 0.4) is 0 Å². The lowest BCUT2D eigenvalue weighted by molar-refractivity contribution is 0.344. The Labute approximate surface area is 123 Å². The fourth-order valence-electron chi connectivity index (χ4n) is 1.79. The zero-order valence-electron chi connectivity index (χ0n) is 11.2. The Bertz CT molecular complexity index is 530. The molecular formula is C16H18FNOS. The summed E-state index contributed by atoms with van der Waals surface area (Å²) in [5.74, 6) is 1.37. The molecule has 0 unspecified atom stereocenters. The maximum absolute atomic E-state index is 13.4. The van der Waals surface area contributed by atoms with Crippen molar-refractivity contribution in [2.75, 3.05) is 18.9 Å². The van der Waals surface area contributed by atoms with E-state index in [0.717, 1.165) is 12.2 Å². The topological polar surface area (TPSA) is 35.2 Å². The molecular weight excluding hydrogens is 273 g/mol. The number of rotatable bonds is 7. The van der Waals surface area contributed by atoms with E-state index in [2.05, 4.69) is 0 Å². The molecule has 2 rings (SSSR count). The Balaban J connectivity index is 1.74. The van der Waals surface area contributed by atoms with Gasteiger partial charge in [0.2, 0.25) is 0 Å². The second kappa shape index (κ2) is 7.92. The van der Waals surface area contributed by atoms with Gasteiger partial charge in [-0.2, -0.15) is 0 Å². The van der Waals surface area contributed by atoms with Crippen LogP contribution in [0.5, 0.6) is 5.75 Å². The average Bonchev–Trinajstić information content (AvgIpc) is 2.47. The van der Waals surface area contributed by atoms with E-state index in [9.17, 15) is 4.39 Å². The first-order valence-corrected chi connectivity index (χ1v) is 7.57. The van der Waals surface area contributed by atoms with Gasteiger partial charge in [-0.1, -0.05) is 24.3 Å². The van der Waals surface area contributed by atoms with E-state index in [0.29, 0.717) is 23.8 Å². The van der Waals surface area contributed by atoms with Gasteiger partial charge in [0.25, 0.3) is 0 Å². The van der Waals surface area contributed by atoms with Gasteiger partial charge in [-0.15, -0.1) is 11.8 Å². The highest BCUT2D eigenvalue weighted by molar-refractivity contribution is 7.99. The summed E-state index contributed by atoms with van der Waals surface area (Å²) in [6, 6.07) is 14.7. The normalized spacial score (nSPS) is 10.5. The molecule has 2 N–H and O–H groups in total. The van der Waals surface area contributed by atoms with E-state index >= 15 is 0 Å². The smallest absolute Gasteiger partial charge is 0.136 e. The molecule has 0 radical (unpaired) electrons. The monoisotopic (exact) mass is 291 g/mol. The Hall–Kier alpha value is -1.52. The molecule has 2 aromatic carbocycles. The first-order valence-electron chi connectivity index (χ1n) is 6.59. The number of nitrogens with two attached hydrogens (primary N) is 1. The second-order valence-electron chi connectivity index (χ2n) is 4.31. The van der Waals surface area contributed by atoms with Crippen LogP contribution in [0.15, 0.2) is 53.4 Å². The minimum absolute atomic E-state index is 0.177. The summed E-state index contributed by atoms with van der Waals surface area (Å²) in [6.45, 7) is 1.20. The average molecular weight is 291 g/mol. The largest absolute Gasteiger partial charge is 0.493 e. The standard InChI is InChI=1S/C16H18FNOS/c17-15-3-1-2-4-16(15)20-12-11-19-14-7-5-13(6-8-14)9-10-18/h1-8H,9-12,18H2. The van der Waals surface area contributed by atoms with Crippen molar-refractivity contribution in [2.45, 2.75) is 11.3 Å². The van der Waals surface area contributed by atoms with Crippen molar-refractivity contribution in [3.63, 3.8) is 0 Å². The minimum atomic E-state index is -0.177. The lowest BCUT2D eigenvalue weighted by Gasteiger charge is -2.07. The summed E-state index contributed by atoms with van der Waals surface area (Å²) in [5.41, 5.74) is 6.71. The summed E-state index contributed by atoms with van der Waals surface area (Å²) in [4.78, 5) is 0.661. The van der Waals surface area contributed by atoms with Gasteiger partial charge in [0.15, 0.2) is 0 Å². The van der Waals surface area contributed by atoms with E-state index in [1.165, 1.54) is 23.4 Å². The lowest BCUT2D eigenvalue weighted by Crippen LogP contribution is -2.03. The first-order chi connectivity index (χ1) is 9.79. The van der Waals surface area contributed by atoms with Gasteiger partial charge in [0, 0.05) is 10.6 Å². The van der Waals surface area contributed by atoms with Crippen molar-refractivity contribution < 1.29 is 9.13 Å². The molecule has 0 amide bonds. The minimum Gasteiger partial charge on any atom is -0.493 e. The van der Waals surface area contributed by atoms with Crippen molar-refractivity contribution in [1.29, 1.82) is 0 Å². The van der Waals surface area contributed by atoms with Gasteiger partial charge >= 0.3 is 0 Å². The SMILES string of the molecule is NCCc1ccc(OCCSc2ccccc2F)cc1. The molecule has 0 atom stereocenters. The number of benzene rings is 2. The fourth-order valence-corrected chi connectivity index (χ4v) is 2.56. The highest BCUT2D eigenvalue weighted by Gasteiger charge is 2.01. The summed E-state index contributed by atoms with van der Waals surface area (Å²) in [6.07, 6.45) is 0.878. The highest BCUT2D eigenvalue weighted by atomic mass is 32.2. The molecule has 2 aromatic rings. The van der Waals surface area contributed by atoms with Crippen LogP contribution in [0.1, 0.15) is 5.56 Å². The third-order valence-corrected chi connectivity index (χ3v) is 3.82. The van der Waals surface area contributed by atoms with E-state index in [1.807, 2.05) is 30.3 Å². The number of thioether (sulfide) groups is 1. The van der Waals surface area contributed by atoms with Crippen molar-refractivity contribution in [1.82, 2.24) is 0 Å². The van der Waals surface area contributed by atoms with Crippen LogP contribution in [0, 0.1) is 5.82 Å². The Morgan fingerprint density at radius 1 is 1.05 bits per heavy atom. The Morgan fingerprint density at radius 3 is 2.50 bits per heavy atom. The Morgan fingerprint density at radius 2 is 1.80 bits per heavy atom. The van der Waals surface area contributed by atoms with Gasteiger partial charge in [0.1, 0.15) is 11.6 Å². The van der Waals surface area contributed by atoms with Crippen LogP contribution < -0.4 is 10.5 Å². The van der Waals surface area contributed by atoms with Gasteiger partial charge in [0.05, 0.1) is 6.61 Å². The maximum Gasteiger partial charge on any atom is 0.136 e. The highest BCUT2D eigenvalue weighted by Crippen LogP contribution is 2.21. The number of hydrogen-bond acceptors (Lipinski definition) is 3. The van der Waals surface area contributed by atoms with E-state index in [-0.39, 0.29) is 5.82 Å². The number of ether oxygens (including phenoxy) is 1. The van der Waals surface area contributed by atoms with E-state index in [1.54, 1.807) is 12.1 Å². The van der Waals surface area contributed by atoms with Gasteiger partial charge in [-0.3, -0.25) is 0 Å². The molecule has 0 aliphatic heterocycles. The third kappa shape index (κ3) is 4.54. The molecule has 0 spiro atoms. The summed E-state index contributed by atoms with van der Waals surface area (Å²) in [5, 5.41) is 0. The third-order valence-electron chi connectivity index (χ3n) is 2.80. The molecule has 0 heterocycles. The molecule has 0 bridgehead atoms. The van der Waals surface area contributed by atoms with Crippen molar-refractivity contribution in [3.8, 4) is 5.75 Å². The second-order valence-corrected chi connectivity index (χ2v) is 5.45. The molecule has 0 aliphatic carbocycles. The fraction of sp³-hybridized carbons (Fsp3) is 0.250. The molecule has 0 saturated heterocycles.